The molecule has 16 heavy (non-hydrogen) atoms. The molecule has 0 atom stereocenters. The van der Waals surface area contributed by atoms with Gasteiger partial charge in [-0.05, 0) is 37.6 Å². The van der Waals surface area contributed by atoms with Crippen LogP contribution in [0.2, 0.25) is 0 Å². The number of benzene rings is 1. The van der Waals surface area contributed by atoms with E-state index in [0.717, 1.165) is 11.3 Å². The Morgan fingerprint density at radius 1 is 1.44 bits per heavy atom. The fraction of sp³-hybridized carbons (Fsp3) is 0.308. The van der Waals surface area contributed by atoms with E-state index in [9.17, 15) is 4.79 Å². The zero-order valence-electron chi connectivity index (χ0n) is 9.60. The monoisotopic (exact) mass is 220 g/mol. The summed E-state index contributed by atoms with van der Waals surface area (Å²) in [4.78, 5) is 10.9. The lowest BCUT2D eigenvalue weighted by Gasteiger charge is -2.03. The molecule has 0 unspecified atom stereocenters. The molecule has 1 aromatic carbocycles. The molecule has 86 valence electrons. The number of aryl methyl sites for hydroxylation is 1. The molecule has 0 heterocycles. The maximum atomic E-state index is 10.9. The normalized spacial score (nSPS) is 10.4. The first-order valence-corrected chi connectivity index (χ1v) is 5.25. The van der Waals surface area contributed by atoms with Gasteiger partial charge >= 0.3 is 5.97 Å². The average molecular weight is 220 g/mol. The van der Waals surface area contributed by atoms with E-state index in [-0.39, 0.29) is 5.97 Å². The van der Waals surface area contributed by atoms with E-state index in [1.54, 1.807) is 13.0 Å². The van der Waals surface area contributed by atoms with E-state index < -0.39 is 0 Å². The SMILES string of the molecule is CCOC(=O)/C=C/COc1cccc(C)c1. The van der Waals surface area contributed by atoms with E-state index >= 15 is 0 Å². The van der Waals surface area contributed by atoms with Crippen molar-refractivity contribution in [3.8, 4) is 5.75 Å². The summed E-state index contributed by atoms with van der Waals surface area (Å²) in [6.45, 7) is 4.53. The van der Waals surface area contributed by atoms with Gasteiger partial charge in [-0.25, -0.2) is 4.79 Å². The molecule has 0 saturated carbocycles. The molecule has 0 saturated heterocycles. The second-order valence-corrected chi connectivity index (χ2v) is 3.28. The molecular weight excluding hydrogens is 204 g/mol. The topological polar surface area (TPSA) is 35.5 Å². The van der Waals surface area contributed by atoms with Gasteiger partial charge in [-0.3, -0.25) is 0 Å². The highest BCUT2D eigenvalue weighted by molar-refractivity contribution is 5.81. The Morgan fingerprint density at radius 3 is 2.94 bits per heavy atom. The van der Waals surface area contributed by atoms with Crippen molar-refractivity contribution < 1.29 is 14.3 Å². The third kappa shape index (κ3) is 4.64. The number of carbonyl (C=O) groups is 1. The second kappa shape index (κ2) is 6.67. The molecule has 0 radical (unpaired) electrons. The first-order chi connectivity index (χ1) is 7.72. The highest BCUT2D eigenvalue weighted by atomic mass is 16.5. The van der Waals surface area contributed by atoms with Gasteiger partial charge in [0.25, 0.3) is 0 Å². The first kappa shape index (κ1) is 12.3. The Bertz CT molecular complexity index is 369. The van der Waals surface area contributed by atoms with Crippen molar-refractivity contribution in [3.63, 3.8) is 0 Å². The molecule has 0 N–H and O–H groups in total. The van der Waals surface area contributed by atoms with Crippen LogP contribution in [0.25, 0.3) is 0 Å². The quantitative estimate of drug-likeness (QED) is 0.565. The molecule has 1 aromatic rings. The van der Waals surface area contributed by atoms with E-state index in [2.05, 4.69) is 0 Å². The summed E-state index contributed by atoms with van der Waals surface area (Å²) in [7, 11) is 0. The van der Waals surface area contributed by atoms with E-state index in [0.29, 0.717) is 13.2 Å². The highest BCUT2D eigenvalue weighted by Crippen LogP contribution is 2.11. The number of hydrogen-bond acceptors (Lipinski definition) is 3. The van der Waals surface area contributed by atoms with Gasteiger partial charge in [0.15, 0.2) is 0 Å². The van der Waals surface area contributed by atoms with Crippen LogP contribution in [0.4, 0.5) is 0 Å². The molecule has 3 nitrogen and oxygen atoms in total. The third-order valence-corrected chi connectivity index (χ3v) is 1.88. The summed E-state index contributed by atoms with van der Waals surface area (Å²) in [6, 6.07) is 7.75. The zero-order valence-corrected chi connectivity index (χ0v) is 9.60. The molecule has 1 rings (SSSR count). The minimum atomic E-state index is -0.338. The minimum Gasteiger partial charge on any atom is -0.490 e. The van der Waals surface area contributed by atoms with Crippen molar-refractivity contribution in [3.05, 3.63) is 42.0 Å². The van der Waals surface area contributed by atoms with Crippen LogP contribution in [0.3, 0.4) is 0 Å². The summed E-state index contributed by atoms with van der Waals surface area (Å²) in [5.41, 5.74) is 1.15. The predicted molar refractivity (Wildman–Crippen MR) is 62.4 cm³/mol. The van der Waals surface area contributed by atoms with E-state index in [1.165, 1.54) is 6.08 Å². The average Bonchev–Trinajstić information content (AvgIpc) is 2.25. The Labute approximate surface area is 95.7 Å². The van der Waals surface area contributed by atoms with Crippen LogP contribution in [0.5, 0.6) is 5.75 Å². The summed E-state index contributed by atoms with van der Waals surface area (Å²) in [5, 5.41) is 0. The predicted octanol–water partition coefficient (Wildman–Crippen LogP) is 2.49. The zero-order chi connectivity index (χ0) is 11.8. The highest BCUT2D eigenvalue weighted by Gasteiger charge is 1.94. The fourth-order valence-corrected chi connectivity index (χ4v) is 1.18. The molecule has 0 aliphatic carbocycles. The second-order valence-electron chi connectivity index (χ2n) is 3.28. The smallest absolute Gasteiger partial charge is 0.330 e. The van der Waals surface area contributed by atoms with E-state index in [4.69, 9.17) is 9.47 Å². The van der Waals surface area contributed by atoms with Crippen molar-refractivity contribution >= 4 is 5.97 Å². The molecule has 0 bridgehead atoms. The van der Waals surface area contributed by atoms with Crippen molar-refractivity contribution in [1.29, 1.82) is 0 Å². The molecule has 0 aliphatic heterocycles. The van der Waals surface area contributed by atoms with Gasteiger partial charge in [0.05, 0.1) is 6.61 Å². The molecule has 0 amide bonds. The molecule has 0 aliphatic rings. The molecule has 0 fully saturated rings. The number of hydrogen-bond donors (Lipinski definition) is 0. The number of ether oxygens (including phenoxy) is 2. The van der Waals surface area contributed by atoms with E-state index in [1.807, 2.05) is 31.2 Å². The van der Waals surface area contributed by atoms with Crippen molar-refractivity contribution in [2.45, 2.75) is 13.8 Å². The van der Waals surface area contributed by atoms with Gasteiger partial charge in [-0.2, -0.15) is 0 Å². The standard InChI is InChI=1S/C13H16O3/c1-3-15-13(14)8-5-9-16-12-7-4-6-11(2)10-12/h4-8,10H,3,9H2,1-2H3/b8-5+. The van der Waals surface area contributed by atoms with Gasteiger partial charge in [-0.1, -0.05) is 12.1 Å². The summed E-state index contributed by atoms with van der Waals surface area (Å²) >= 11 is 0. The lowest BCUT2D eigenvalue weighted by atomic mass is 10.2. The van der Waals surface area contributed by atoms with Gasteiger partial charge in [0, 0.05) is 6.08 Å². The van der Waals surface area contributed by atoms with Crippen LogP contribution in [0.15, 0.2) is 36.4 Å². The van der Waals surface area contributed by atoms with Crippen molar-refractivity contribution in [2.24, 2.45) is 0 Å². The van der Waals surface area contributed by atoms with Crippen molar-refractivity contribution in [2.75, 3.05) is 13.2 Å². The lowest BCUT2D eigenvalue weighted by molar-refractivity contribution is -0.137. The van der Waals surface area contributed by atoms with Crippen LogP contribution in [0.1, 0.15) is 12.5 Å². The number of rotatable bonds is 5. The first-order valence-electron chi connectivity index (χ1n) is 5.25. The molecular formula is C13H16O3. The van der Waals surface area contributed by atoms with Crippen LogP contribution >= 0.6 is 0 Å². The van der Waals surface area contributed by atoms with Gasteiger partial charge < -0.3 is 9.47 Å². The Morgan fingerprint density at radius 2 is 2.25 bits per heavy atom. The fourth-order valence-electron chi connectivity index (χ4n) is 1.18. The van der Waals surface area contributed by atoms with Crippen LogP contribution in [0, 0.1) is 6.92 Å². The Kier molecular flexibility index (Phi) is 5.12. The van der Waals surface area contributed by atoms with Gasteiger partial charge in [0.2, 0.25) is 0 Å². The Balaban J connectivity index is 2.33. The number of esters is 1. The third-order valence-electron chi connectivity index (χ3n) is 1.88. The van der Waals surface area contributed by atoms with Gasteiger partial charge in [0.1, 0.15) is 12.4 Å². The Hall–Kier alpha value is -1.77. The summed E-state index contributed by atoms with van der Waals surface area (Å²) < 4.78 is 10.2. The number of carbonyl (C=O) groups excluding carboxylic acids is 1. The van der Waals surface area contributed by atoms with Crippen molar-refractivity contribution in [1.82, 2.24) is 0 Å². The van der Waals surface area contributed by atoms with Crippen LogP contribution < -0.4 is 4.74 Å². The molecule has 0 spiro atoms. The maximum Gasteiger partial charge on any atom is 0.330 e. The lowest BCUT2D eigenvalue weighted by Crippen LogP contribution is -2.00. The molecule has 0 aromatic heterocycles. The molecule has 3 heteroatoms. The van der Waals surface area contributed by atoms with Gasteiger partial charge in [-0.15, -0.1) is 0 Å². The van der Waals surface area contributed by atoms with Crippen LogP contribution in [-0.4, -0.2) is 19.2 Å². The van der Waals surface area contributed by atoms with Crippen LogP contribution in [-0.2, 0) is 9.53 Å². The summed E-state index contributed by atoms with van der Waals surface area (Å²) in [6.07, 6.45) is 3.01. The minimum absolute atomic E-state index is 0.338. The largest absolute Gasteiger partial charge is 0.490 e. The summed E-state index contributed by atoms with van der Waals surface area (Å²) in [5.74, 6) is 0.462. The maximum absolute atomic E-state index is 10.9.